The van der Waals surface area contributed by atoms with Crippen molar-refractivity contribution < 1.29 is 19.7 Å². The molecular weight excluding hydrogens is 436 g/mol. The van der Waals surface area contributed by atoms with E-state index in [1.54, 1.807) is 24.3 Å². The number of carbonyl (C=O) groups is 1. The molecule has 3 aromatic rings. The maximum Gasteiger partial charge on any atom is 0.407 e. The molecule has 1 aliphatic rings. The highest BCUT2D eigenvalue weighted by atomic mass is 32.1. The number of nitrogens with one attached hydrogen (secondary N) is 1. The number of fused-ring (bicyclic) bond motifs is 3. The van der Waals surface area contributed by atoms with E-state index < -0.39 is 18.3 Å². The fraction of sp³-hybridized carbons (Fsp3) is 0.231. The number of thiocarbonyl (C=S) groups is 1. The van der Waals surface area contributed by atoms with Gasteiger partial charge in [-0.25, -0.2) is 4.79 Å². The Balaban J connectivity index is 1.28. The number of nitrogens with two attached hydrogens (primary N) is 1. The van der Waals surface area contributed by atoms with Crippen molar-refractivity contribution in [3.63, 3.8) is 0 Å². The van der Waals surface area contributed by atoms with Gasteiger partial charge in [0.15, 0.2) is 0 Å². The molecular formula is C26H26N2O4S. The predicted molar refractivity (Wildman–Crippen MR) is 131 cm³/mol. The molecule has 5 N–H and O–H groups in total. The van der Waals surface area contributed by atoms with Gasteiger partial charge in [-0.3, -0.25) is 0 Å². The second kappa shape index (κ2) is 10.1. The molecule has 0 saturated heterocycles. The first kappa shape index (κ1) is 22.9. The van der Waals surface area contributed by atoms with Crippen LogP contribution in [0.15, 0.2) is 72.8 Å². The van der Waals surface area contributed by atoms with Crippen LogP contribution < -0.4 is 11.1 Å². The van der Waals surface area contributed by atoms with Crippen LogP contribution in [0.4, 0.5) is 4.79 Å². The third kappa shape index (κ3) is 5.06. The summed E-state index contributed by atoms with van der Waals surface area (Å²) in [4.78, 5) is 12.5. The maximum atomic E-state index is 12.3. The van der Waals surface area contributed by atoms with Crippen molar-refractivity contribution in [2.24, 2.45) is 5.73 Å². The monoisotopic (exact) mass is 462 g/mol. The van der Waals surface area contributed by atoms with Gasteiger partial charge < -0.3 is 26.0 Å². The van der Waals surface area contributed by atoms with Crippen molar-refractivity contribution in [3.8, 4) is 11.1 Å². The summed E-state index contributed by atoms with van der Waals surface area (Å²) < 4.78 is 5.49. The van der Waals surface area contributed by atoms with Gasteiger partial charge in [0.05, 0.1) is 6.10 Å². The summed E-state index contributed by atoms with van der Waals surface area (Å²) in [6, 6.07) is 23.1. The zero-order valence-corrected chi connectivity index (χ0v) is 18.8. The minimum atomic E-state index is -1.12. The van der Waals surface area contributed by atoms with Crippen LogP contribution in [0.1, 0.15) is 40.7 Å². The Morgan fingerprint density at radius 2 is 1.64 bits per heavy atom. The van der Waals surface area contributed by atoms with Crippen molar-refractivity contribution in [2.75, 3.05) is 13.2 Å². The molecule has 0 saturated carbocycles. The molecule has 2 atom stereocenters. The maximum absolute atomic E-state index is 12.3. The summed E-state index contributed by atoms with van der Waals surface area (Å²) in [5.41, 5.74) is 11.4. The lowest BCUT2D eigenvalue weighted by Crippen LogP contribution is -2.30. The quantitative estimate of drug-likeness (QED) is 0.381. The molecule has 0 radical (unpaired) electrons. The number of amides is 1. The molecule has 0 bridgehead atoms. The smallest absolute Gasteiger partial charge is 0.407 e. The molecule has 6 nitrogen and oxygen atoms in total. The standard InChI is InChI=1S/C26H26N2O4S/c27-25(33)17-7-5-6-16(14-17)24(30)23(29)12-13-28-26(31)32-15-22-20-10-3-1-8-18(20)19-9-2-4-11-21(19)22/h1-11,14,22-24,29-30H,12-13,15H2,(H2,27,33)(H,28,31). The number of hydrogen-bond donors (Lipinski definition) is 4. The van der Waals surface area contributed by atoms with Gasteiger partial charge in [-0.2, -0.15) is 0 Å². The van der Waals surface area contributed by atoms with Gasteiger partial charge in [-0.1, -0.05) is 78.9 Å². The van der Waals surface area contributed by atoms with Crippen LogP contribution in [0.2, 0.25) is 0 Å². The average Bonchev–Trinajstić information content (AvgIpc) is 3.16. The second-order valence-corrected chi connectivity index (χ2v) is 8.48. The van der Waals surface area contributed by atoms with Gasteiger partial charge in [0, 0.05) is 18.0 Å². The molecule has 3 aromatic carbocycles. The molecule has 0 aliphatic heterocycles. The van der Waals surface area contributed by atoms with Crippen LogP contribution in [0.3, 0.4) is 0 Å². The lowest BCUT2D eigenvalue weighted by molar-refractivity contribution is 0.0136. The van der Waals surface area contributed by atoms with Crippen molar-refractivity contribution >= 4 is 23.3 Å². The van der Waals surface area contributed by atoms with Crippen LogP contribution >= 0.6 is 12.2 Å². The summed E-state index contributed by atoms with van der Waals surface area (Å²) in [6.07, 6.45) is -2.60. The SMILES string of the molecule is NC(=S)c1cccc(C(O)C(O)CCNC(=O)OCC2c3ccccc3-c3ccccc32)c1. The van der Waals surface area contributed by atoms with E-state index in [0.29, 0.717) is 11.1 Å². The van der Waals surface area contributed by atoms with Crippen molar-refractivity contribution in [1.82, 2.24) is 5.32 Å². The minimum absolute atomic E-state index is 0.0172. The van der Waals surface area contributed by atoms with Crippen LogP contribution in [0, 0.1) is 0 Å². The van der Waals surface area contributed by atoms with Crippen LogP contribution in [0.5, 0.6) is 0 Å². The Labute approximate surface area is 198 Å². The average molecular weight is 463 g/mol. The molecule has 1 amide bonds. The molecule has 0 fully saturated rings. The third-order valence-corrected chi connectivity index (χ3v) is 6.17. The molecule has 2 unspecified atom stereocenters. The molecule has 1 aliphatic carbocycles. The predicted octanol–water partition coefficient (Wildman–Crippen LogP) is 3.64. The van der Waals surface area contributed by atoms with Gasteiger partial charge >= 0.3 is 6.09 Å². The number of rotatable bonds is 8. The molecule has 7 heteroatoms. The van der Waals surface area contributed by atoms with E-state index in [4.69, 9.17) is 22.7 Å². The van der Waals surface area contributed by atoms with E-state index in [2.05, 4.69) is 29.6 Å². The number of aliphatic hydroxyl groups excluding tert-OH is 2. The highest BCUT2D eigenvalue weighted by Crippen LogP contribution is 2.44. The summed E-state index contributed by atoms with van der Waals surface area (Å²) in [5, 5.41) is 23.4. The first-order valence-electron chi connectivity index (χ1n) is 10.8. The van der Waals surface area contributed by atoms with Crippen LogP contribution in [-0.4, -0.2) is 40.6 Å². The number of ether oxygens (including phenoxy) is 1. The van der Waals surface area contributed by atoms with E-state index in [1.165, 1.54) is 11.1 Å². The van der Waals surface area contributed by atoms with Gasteiger partial charge in [-0.15, -0.1) is 0 Å². The van der Waals surface area contributed by atoms with E-state index >= 15 is 0 Å². The first-order chi connectivity index (χ1) is 16.0. The van der Waals surface area contributed by atoms with Gasteiger partial charge in [-0.05, 0) is 40.3 Å². The summed E-state index contributed by atoms with van der Waals surface area (Å²) in [5.74, 6) is -0.0172. The fourth-order valence-electron chi connectivity index (χ4n) is 4.23. The second-order valence-electron chi connectivity index (χ2n) is 8.04. The summed E-state index contributed by atoms with van der Waals surface area (Å²) in [7, 11) is 0. The normalized spacial score (nSPS) is 14.1. The summed E-state index contributed by atoms with van der Waals surface area (Å²) in [6.45, 7) is 0.376. The van der Waals surface area contributed by atoms with Gasteiger partial charge in [0.25, 0.3) is 0 Å². The Bertz CT molecular complexity index is 1120. The Morgan fingerprint density at radius 3 is 2.27 bits per heavy atom. The van der Waals surface area contributed by atoms with Crippen molar-refractivity contribution in [3.05, 3.63) is 95.1 Å². The molecule has 0 spiro atoms. The first-order valence-corrected chi connectivity index (χ1v) is 11.2. The number of benzene rings is 3. The molecule has 4 rings (SSSR count). The van der Waals surface area contributed by atoms with Crippen molar-refractivity contribution in [1.29, 1.82) is 0 Å². The Hall–Kier alpha value is -3.26. The molecule has 170 valence electrons. The van der Waals surface area contributed by atoms with E-state index in [1.807, 2.05) is 24.3 Å². The number of aliphatic hydroxyl groups is 2. The van der Waals surface area contributed by atoms with Crippen LogP contribution in [0.25, 0.3) is 11.1 Å². The highest BCUT2D eigenvalue weighted by Gasteiger charge is 2.29. The summed E-state index contributed by atoms with van der Waals surface area (Å²) >= 11 is 4.95. The largest absolute Gasteiger partial charge is 0.449 e. The minimum Gasteiger partial charge on any atom is -0.449 e. The molecule has 0 heterocycles. The van der Waals surface area contributed by atoms with E-state index in [0.717, 1.165) is 11.1 Å². The Morgan fingerprint density at radius 1 is 1.00 bits per heavy atom. The molecule has 0 aromatic heterocycles. The zero-order chi connectivity index (χ0) is 23.4. The van der Waals surface area contributed by atoms with Gasteiger partial charge in [0.2, 0.25) is 0 Å². The number of alkyl carbamates (subject to hydrolysis) is 1. The lowest BCUT2D eigenvalue weighted by Gasteiger charge is -2.19. The van der Waals surface area contributed by atoms with E-state index in [-0.39, 0.29) is 30.5 Å². The van der Waals surface area contributed by atoms with Crippen molar-refractivity contribution in [2.45, 2.75) is 24.5 Å². The topological polar surface area (TPSA) is 105 Å². The lowest BCUT2D eigenvalue weighted by atomic mass is 9.98. The third-order valence-electron chi connectivity index (χ3n) is 5.93. The number of carbonyl (C=O) groups excluding carboxylic acids is 1. The van der Waals surface area contributed by atoms with Gasteiger partial charge in [0.1, 0.15) is 17.7 Å². The molecule has 33 heavy (non-hydrogen) atoms. The van der Waals surface area contributed by atoms with Crippen LogP contribution in [-0.2, 0) is 4.74 Å². The fourth-order valence-corrected chi connectivity index (χ4v) is 4.35. The van der Waals surface area contributed by atoms with E-state index in [9.17, 15) is 15.0 Å². The Kier molecular flexibility index (Phi) is 7.03. The zero-order valence-electron chi connectivity index (χ0n) is 18.0. The number of hydrogen-bond acceptors (Lipinski definition) is 5. The highest BCUT2D eigenvalue weighted by molar-refractivity contribution is 7.80.